The van der Waals surface area contributed by atoms with Crippen LogP contribution in [0.3, 0.4) is 0 Å². The third-order valence-electron chi connectivity index (χ3n) is 5.23. The highest BCUT2D eigenvalue weighted by atomic mass is 35.5. The monoisotopic (exact) mass is 425 g/mol. The topological polar surface area (TPSA) is 48.0 Å². The lowest BCUT2D eigenvalue weighted by molar-refractivity contribution is -0.165. The van der Waals surface area contributed by atoms with Gasteiger partial charge in [0.2, 0.25) is 12.9 Å². The first-order valence-electron chi connectivity index (χ1n) is 9.45. The van der Waals surface area contributed by atoms with Gasteiger partial charge in [-0.25, -0.2) is 4.39 Å². The molecule has 1 fully saturated rings. The van der Waals surface area contributed by atoms with Crippen molar-refractivity contribution in [1.82, 2.24) is 4.90 Å². The van der Waals surface area contributed by atoms with Gasteiger partial charge in [0.05, 0.1) is 0 Å². The summed E-state index contributed by atoms with van der Waals surface area (Å²) in [6.45, 7) is 0.519. The molecule has 152 valence electrons. The van der Waals surface area contributed by atoms with Crippen LogP contribution in [0.4, 0.5) is 4.39 Å². The minimum absolute atomic E-state index is 0.142. The molecule has 0 unspecified atom stereocenters. The van der Waals surface area contributed by atoms with Gasteiger partial charge in [-0.05, 0) is 59.7 Å². The highest BCUT2D eigenvalue weighted by molar-refractivity contribution is 6.30. The summed E-state index contributed by atoms with van der Waals surface area (Å²) >= 11 is 5.94. The smallest absolute Gasteiger partial charge is 0.267 e. The van der Waals surface area contributed by atoms with Crippen LogP contribution in [0.5, 0.6) is 17.2 Å². The molecule has 0 spiro atoms. The van der Waals surface area contributed by atoms with Gasteiger partial charge in [0.25, 0.3) is 5.91 Å². The molecule has 3 aromatic carbocycles. The second kappa shape index (κ2) is 7.54. The fourth-order valence-electron chi connectivity index (χ4n) is 3.71. The maximum absolute atomic E-state index is 13.3. The van der Waals surface area contributed by atoms with Crippen molar-refractivity contribution in [3.05, 3.63) is 88.7 Å². The van der Waals surface area contributed by atoms with Crippen molar-refractivity contribution in [3.63, 3.8) is 0 Å². The third kappa shape index (κ3) is 3.44. The number of likely N-dealkylation sites (tertiary alicyclic amines) is 1. The van der Waals surface area contributed by atoms with Crippen molar-refractivity contribution in [2.45, 2.75) is 18.7 Å². The molecule has 0 saturated carbocycles. The first-order valence-corrected chi connectivity index (χ1v) is 9.83. The molecule has 0 radical (unpaired) electrons. The van der Waals surface area contributed by atoms with Crippen molar-refractivity contribution in [2.75, 3.05) is 6.79 Å². The number of ether oxygens (including phenoxy) is 3. The molecule has 2 atom stereocenters. The van der Waals surface area contributed by atoms with E-state index in [0.717, 1.165) is 11.1 Å². The zero-order valence-corrected chi connectivity index (χ0v) is 16.5. The van der Waals surface area contributed by atoms with E-state index in [1.165, 1.54) is 12.1 Å². The van der Waals surface area contributed by atoms with E-state index < -0.39 is 6.10 Å². The Balaban J connectivity index is 1.44. The molecule has 5 nitrogen and oxygen atoms in total. The molecule has 5 rings (SSSR count). The summed E-state index contributed by atoms with van der Waals surface area (Å²) in [6.07, 6.45) is -0.688. The number of nitrogens with zero attached hydrogens (tertiary/aromatic N) is 1. The van der Waals surface area contributed by atoms with Gasteiger partial charge in [-0.3, -0.25) is 4.79 Å². The normalized spacial score (nSPS) is 19.5. The van der Waals surface area contributed by atoms with Crippen LogP contribution in [0, 0.1) is 5.82 Å². The Morgan fingerprint density at radius 3 is 2.50 bits per heavy atom. The van der Waals surface area contributed by atoms with Crippen LogP contribution in [0.1, 0.15) is 17.2 Å². The molecule has 0 aromatic heterocycles. The van der Waals surface area contributed by atoms with Gasteiger partial charge >= 0.3 is 0 Å². The fraction of sp³-hybridized carbons (Fsp3) is 0.174. The van der Waals surface area contributed by atoms with Gasteiger partial charge in [-0.1, -0.05) is 29.8 Å². The van der Waals surface area contributed by atoms with Crippen molar-refractivity contribution < 1.29 is 23.4 Å². The first kappa shape index (κ1) is 18.8. The average Bonchev–Trinajstić information content (AvgIpc) is 3.23. The molecular weight excluding hydrogens is 409 g/mol. The number of carbonyl (C=O) groups is 1. The number of carbonyl (C=O) groups excluding carboxylic acids is 1. The Morgan fingerprint density at radius 2 is 1.73 bits per heavy atom. The summed E-state index contributed by atoms with van der Waals surface area (Å²) in [5.74, 6) is 1.41. The predicted molar refractivity (Wildman–Crippen MR) is 108 cm³/mol. The Bertz CT molecular complexity index is 1030. The number of hydrogen-bond acceptors (Lipinski definition) is 4. The van der Waals surface area contributed by atoms with E-state index in [1.54, 1.807) is 41.3 Å². The molecule has 2 aliphatic heterocycles. The summed E-state index contributed by atoms with van der Waals surface area (Å²) < 4.78 is 30.2. The minimum Gasteiger partial charge on any atom is -0.478 e. The molecule has 30 heavy (non-hydrogen) atoms. The minimum atomic E-state index is -0.688. The molecule has 3 aromatic rings. The molecule has 0 N–H and O–H groups in total. The van der Waals surface area contributed by atoms with E-state index >= 15 is 0 Å². The van der Waals surface area contributed by atoms with E-state index in [1.807, 2.05) is 18.2 Å². The SMILES string of the molecule is O=C1[C@@H](Oc2ccc(Cl)cc2)[C@@H](c2ccc3c(c2)OCO3)N1Cc1ccc(F)cc1. The van der Waals surface area contributed by atoms with Crippen molar-refractivity contribution in [3.8, 4) is 17.2 Å². The Kier molecular flexibility index (Phi) is 4.71. The standard InChI is InChI=1S/C23H17ClFNO4/c24-16-4-8-18(9-5-16)30-22-21(15-3-10-19-20(11-15)29-13-28-19)26(23(22)27)12-14-1-6-17(25)7-2-14/h1-11,21-22H,12-13H2/t21-,22+/m1/s1. The molecule has 0 aliphatic carbocycles. The van der Waals surface area contributed by atoms with Gasteiger partial charge in [-0.15, -0.1) is 0 Å². The molecule has 1 saturated heterocycles. The summed E-state index contributed by atoms with van der Waals surface area (Å²) in [5.41, 5.74) is 1.71. The Labute approximate surface area is 177 Å². The van der Waals surface area contributed by atoms with Crippen LogP contribution in [0.25, 0.3) is 0 Å². The van der Waals surface area contributed by atoms with Crippen molar-refractivity contribution >= 4 is 17.5 Å². The molecular formula is C23H17ClFNO4. The zero-order chi connectivity index (χ0) is 20.7. The summed E-state index contributed by atoms with van der Waals surface area (Å²) in [7, 11) is 0. The number of fused-ring (bicyclic) bond motifs is 1. The van der Waals surface area contributed by atoms with Gasteiger partial charge in [0.1, 0.15) is 17.6 Å². The quantitative estimate of drug-likeness (QED) is 0.554. The maximum Gasteiger partial charge on any atom is 0.267 e. The van der Waals surface area contributed by atoms with Crippen LogP contribution in [-0.4, -0.2) is 23.7 Å². The number of amides is 1. The largest absolute Gasteiger partial charge is 0.478 e. The van der Waals surface area contributed by atoms with E-state index in [-0.39, 0.29) is 24.6 Å². The summed E-state index contributed by atoms with van der Waals surface area (Å²) in [6, 6.07) is 18.3. The van der Waals surface area contributed by atoms with Gasteiger partial charge < -0.3 is 19.1 Å². The molecule has 7 heteroatoms. The number of β-lactam (4-membered cyclic amide) rings is 1. The van der Waals surface area contributed by atoms with Gasteiger partial charge in [0, 0.05) is 11.6 Å². The summed E-state index contributed by atoms with van der Waals surface area (Å²) in [5, 5.41) is 0.590. The van der Waals surface area contributed by atoms with Crippen molar-refractivity contribution in [1.29, 1.82) is 0 Å². The first-order chi connectivity index (χ1) is 14.6. The van der Waals surface area contributed by atoms with E-state index in [4.69, 9.17) is 25.8 Å². The van der Waals surface area contributed by atoms with Crippen LogP contribution < -0.4 is 14.2 Å². The van der Waals surface area contributed by atoms with E-state index in [0.29, 0.717) is 28.8 Å². The van der Waals surface area contributed by atoms with Gasteiger partial charge in [0.15, 0.2) is 11.5 Å². The maximum atomic E-state index is 13.3. The van der Waals surface area contributed by atoms with Crippen LogP contribution >= 0.6 is 11.6 Å². The van der Waals surface area contributed by atoms with Crippen LogP contribution in [0.2, 0.25) is 5.02 Å². The molecule has 0 bridgehead atoms. The Hall–Kier alpha value is -3.25. The number of rotatable bonds is 5. The van der Waals surface area contributed by atoms with Gasteiger partial charge in [-0.2, -0.15) is 0 Å². The molecule has 1 amide bonds. The van der Waals surface area contributed by atoms with Crippen LogP contribution in [-0.2, 0) is 11.3 Å². The third-order valence-corrected chi connectivity index (χ3v) is 5.48. The zero-order valence-electron chi connectivity index (χ0n) is 15.8. The Morgan fingerprint density at radius 1 is 1.00 bits per heavy atom. The average molecular weight is 426 g/mol. The van der Waals surface area contributed by atoms with Crippen LogP contribution in [0.15, 0.2) is 66.7 Å². The second-order valence-electron chi connectivity index (χ2n) is 7.14. The lowest BCUT2D eigenvalue weighted by Gasteiger charge is -2.46. The lowest BCUT2D eigenvalue weighted by Crippen LogP contribution is -2.60. The van der Waals surface area contributed by atoms with E-state index in [2.05, 4.69) is 0 Å². The lowest BCUT2D eigenvalue weighted by atomic mass is 9.89. The number of halogens is 2. The van der Waals surface area contributed by atoms with Crippen molar-refractivity contribution in [2.24, 2.45) is 0 Å². The van der Waals surface area contributed by atoms with E-state index in [9.17, 15) is 9.18 Å². The second-order valence-corrected chi connectivity index (χ2v) is 7.58. The summed E-state index contributed by atoms with van der Waals surface area (Å²) in [4.78, 5) is 14.7. The number of hydrogen-bond donors (Lipinski definition) is 0. The fourth-order valence-corrected chi connectivity index (χ4v) is 3.83. The molecule has 2 heterocycles. The molecule has 2 aliphatic rings. The number of benzene rings is 3. The highest BCUT2D eigenvalue weighted by Gasteiger charge is 2.50. The highest BCUT2D eigenvalue weighted by Crippen LogP contribution is 2.42. The predicted octanol–water partition coefficient (Wildman–Crippen LogP) is 4.74.